The molecule has 0 radical (unpaired) electrons. The summed E-state index contributed by atoms with van der Waals surface area (Å²) in [5, 5.41) is 22.6. The molecule has 4 unspecified atom stereocenters. The van der Waals surface area contributed by atoms with E-state index in [2.05, 4.69) is 21.4 Å². The summed E-state index contributed by atoms with van der Waals surface area (Å²) in [7, 11) is 1.73. The molecule has 0 saturated carbocycles. The molecule has 12 heteroatoms. The standard InChI is InChI=1S/C29H29Cl2F2N5O3/c1-28(2,3)12-22-29(14-34,17-9-8-15(30)10-19(17)32)24(16-6-5-7-18(31)25(16)33)21(38(22)4)11-23(39)37-27-35-13-20(36-27)26(40)41/h5-10,13,21-22,24H,11-12H2,1-4H3,(H,40,41)(H2,35,36,37,39). The van der Waals surface area contributed by atoms with Gasteiger partial charge in [0.05, 0.1) is 17.3 Å². The van der Waals surface area contributed by atoms with Crippen LogP contribution in [0.3, 0.4) is 0 Å². The van der Waals surface area contributed by atoms with Gasteiger partial charge in [-0.1, -0.05) is 62.2 Å². The van der Waals surface area contributed by atoms with E-state index in [0.29, 0.717) is 6.42 Å². The van der Waals surface area contributed by atoms with Crippen LogP contribution in [0.25, 0.3) is 0 Å². The van der Waals surface area contributed by atoms with Crippen molar-refractivity contribution < 1.29 is 23.5 Å². The lowest BCUT2D eigenvalue weighted by molar-refractivity contribution is -0.117. The molecule has 2 aromatic carbocycles. The zero-order chi connectivity index (χ0) is 30.3. The number of carboxylic acids is 1. The van der Waals surface area contributed by atoms with Gasteiger partial charge in [0.25, 0.3) is 0 Å². The van der Waals surface area contributed by atoms with E-state index in [0.717, 1.165) is 12.3 Å². The Balaban J connectivity index is 1.91. The van der Waals surface area contributed by atoms with Gasteiger partial charge in [-0.05, 0) is 42.6 Å². The largest absolute Gasteiger partial charge is 0.477 e. The van der Waals surface area contributed by atoms with Crippen LogP contribution < -0.4 is 5.32 Å². The number of hydrogen-bond acceptors (Lipinski definition) is 5. The first-order valence-electron chi connectivity index (χ1n) is 12.8. The summed E-state index contributed by atoms with van der Waals surface area (Å²) in [6, 6.07) is 9.37. The summed E-state index contributed by atoms with van der Waals surface area (Å²) in [6.45, 7) is 5.94. The molecule has 0 aliphatic carbocycles. The van der Waals surface area contributed by atoms with Crippen molar-refractivity contribution in [3.63, 3.8) is 0 Å². The fourth-order valence-electron chi connectivity index (χ4n) is 5.90. The number of carbonyl (C=O) groups excluding carboxylic acids is 1. The number of rotatable bonds is 7. The maximum atomic E-state index is 15.8. The summed E-state index contributed by atoms with van der Waals surface area (Å²) < 4.78 is 31.6. The topological polar surface area (TPSA) is 122 Å². The van der Waals surface area contributed by atoms with Crippen molar-refractivity contribution in [2.45, 2.75) is 57.0 Å². The second kappa shape index (κ2) is 11.4. The van der Waals surface area contributed by atoms with Gasteiger partial charge in [-0.2, -0.15) is 5.26 Å². The van der Waals surface area contributed by atoms with Crippen LogP contribution in [0.2, 0.25) is 10.0 Å². The van der Waals surface area contributed by atoms with E-state index in [9.17, 15) is 14.9 Å². The molecular weight excluding hydrogens is 575 g/mol. The molecule has 0 spiro atoms. The fraction of sp³-hybridized carbons (Fsp3) is 0.379. The van der Waals surface area contributed by atoms with Gasteiger partial charge in [-0.15, -0.1) is 0 Å². The highest BCUT2D eigenvalue weighted by Crippen LogP contribution is 2.56. The van der Waals surface area contributed by atoms with Gasteiger partial charge in [0.2, 0.25) is 11.9 Å². The van der Waals surface area contributed by atoms with E-state index in [4.69, 9.17) is 28.3 Å². The minimum absolute atomic E-state index is 0.0370. The Bertz CT molecular complexity index is 1530. The highest BCUT2D eigenvalue weighted by atomic mass is 35.5. The normalized spacial score (nSPS) is 22.9. The summed E-state index contributed by atoms with van der Waals surface area (Å²) >= 11 is 12.3. The SMILES string of the molecule is CN1C(CC(=O)Nc2ncc(C(=O)O)[nH]2)C(c2cccc(Cl)c2F)C(C#N)(c2ccc(Cl)cc2F)C1CC(C)(C)C. The van der Waals surface area contributed by atoms with Crippen LogP contribution in [-0.4, -0.2) is 51.0 Å². The number of carboxylic acid groups (broad SMARTS) is 1. The van der Waals surface area contributed by atoms with Crippen LogP contribution in [0.15, 0.2) is 42.6 Å². The first-order valence-corrected chi connectivity index (χ1v) is 13.6. The van der Waals surface area contributed by atoms with Gasteiger partial charge in [0.15, 0.2) is 0 Å². The molecule has 216 valence electrons. The molecule has 1 fully saturated rings. The van der Waals surface area contributed by atoms with Gasteiger partial charge < -0.3 is 10.1 Å². The number of halogens is 4. The number of nitriles is 1. The molecule has 0 bridgehead atoms. The van der Waals surface area contributed by atoms with E-state index in [1.807, 2.05) is 25.7 Å². The summed E-state index contributed by atoms with van der Waals surface area (Å²) in [5.74, 6) is -4.43. The molecule has 41 heavy (non-hydrogen) atoms. The van der Waals surface area contributed by atoms with Gasteiger partial charge in [-0.3, -0.25) is 15.0 Å². The smallest absolute Gasteiger partial charge is 0.354 e. The van der Waals surface area contributed by atoms with E-state index in [1.165, 1.54) is 24.3 Å². The van der Waals surface area contributed by atoms with Crippen molar-refractivity contribution in [1.82, 2.24) is 14.9 Å². The average Bonchev–Trinajstić information content (AvgIpc) is 3.43. The Morgan fingerprint density at radius 2 is 1.95 bits per heavy atom. The van der Waals surface area contributed by atoms with E-state index < -0.39 is 46.9 Å². The third-order valence-corrected chi connectivity index (χ3v) is 8.09. The van der Waals surface area contributed by atoms with Crippen molar-refractivity contribution >= 4 is 41.0 Å². The summed E-state index contributed by atoms with van der Waals surface area (Å²) in [5.41, 5.74) is -2.12. The lowest BCUT2D eigenvalue weighted by atomic mass is 9.62. The van der Waals surface area contributed by atoms with Crippen LogP contribution in [0, 0.1) is 28.4 Å². The molecule has 4 rings (SSSR count). The monoisotopic (exact) mass is 603 g/mol. The molecule has 1 aliphatic heterocycles. The molecule has 4 atom stereocenters. The molecule has 3 aromatic rings. The number of aromatic nitrogens is 2. The third kappa shape index (κ3) is 5.80. The Labute approximate surface area is 246 Å². The van der Waals surface area contributed by atoms with E-state index in [1.54, 1.807) is 13.1 Å². The number of nitrogens with one attached hydrogen (secondary N) is 2. The number of likely N-dealkylation sites (tertiary alicyclic amines) is 1. The fourth-order valence-corrected chi connectivity index (χ4v) is 6.24. The van der Waals surface area contributed by atoms with Gasteiger partial charge >= 0.3 is 5.97 Å². The van der Waals surface area contributed by atoms with Gasteiger partial charge in [0, 0.05) is 35.0 Å². The number of aromatic carboxylic acids is 1. The number of likely N-dealkylation sites (N-methyl/N-ethyl adjacent to an activating group) is 1. The number of imidazole rings is 1. The Morgan fingerprint density at radius 1 is 1.24 bits per heavy atom. The third-order valence-electron chi connectivity index (χ3n) is 7.56. The first kappa shape index (κ1) is 30.4. The minimum Gasteiger partial charge on any atom is -0.477 e. The van der Waals surface area contributed by atoms with E-state index >= 15 is 8.78 Å². The quantitative estimate of drug-likeness (QED) is 0.288. The average molecular weight is 604 g/mol. The molecule has 8 nitrogen and oxygen atoms in total. The predicted octanol–water partition coefficient (Wildman–Crippen LogP) is 6.39. The highest BCUT2D eigenvalue weighted by Gasteiger charge is 2.62. The Kier molecular flexibility index (Phi) is 8.46. The lowest BCUT2D eigenvalue weighted by Gasteiger charge is -2.38. The molecular formula is C29H29Cl2F2N5O3. The van der Waals surface area contributed by atoms with Gasteiger partial charge in [-0.25, -0.2) is 18.6 Å². The van der Waals surface area contributed by atoms with Crippen LogP contribution in [-0.2, 0) is 10.2 Å². The van der Waals surface area contributed by atoms with E-state index in [-0.39, 0.29) is 44.7 Å². The zero-order valence-corrected chi connectivity index (χ0v) is 24.3. The molecule has 1 saturated heterocycles. The van der Waals surface area contributed by atoms with Crippen LogP contribution in [0.4, 0.5) is 14.7 Å². The van der Waals surface area contributed by atoms with Crippen molar-refractivity contribution in [1.29, 1.82) is 5.26 Å². The van der Waals surface area contributed by atoms with Crippen LogP contribution >= 0.6 is 23.2 Å². The van der Waals surface area contributed by atoms with Crippen LogP contribution in [0.1, 0.15) is 61.1 Å². The molecule has 3 N–H and O–H groups in total. The number of hydrogen-bond donors (Lipinski definition) is 3. The predicted molar refractivity (Wildman–Crippen MR) is 151 cm³/mol. The number of carbonyl (C=O) groups is 2. The van der Waals surface area contributed by atoms with Crippen LogP contribution in [0.5, 0.6) is 0 Å². The maximum Gasteiger partial charge on any atom is 0.354 e. The maximum absolute atomic E-state index is 15.8. The molecule has 1 aromatic heterocycles. The second-order valence-corrected chi connectivity index (χ2v) is 12.3. The number of aromatic amines is 1. The molecule has 1 aliphatic rings. The Hall–Kier alpha value is -3.52. The van der Waals surface area contributed by atoms with Gasteiger partial charge in [0.1, 0.15) is 22.7 Å². The lowest BCUT2D eigenvalue weighted by Crippen LogP contribution is -2.45. The number of amides is 1. The number of anilines is 1. The zero-order valence-electron chi connectivity index (χ0n) is 22.8. The molecule has 1 amide bonds. The highest BCUT2D eigenvalue weighted by molar-refractivity contribution is 6.31. The number of nitrogens with zero attached hydrogens (tertiary/aromatic N) is 3. The summed E-state index contributed by atoms with van der Waals surface area (Å²) in [4.78, 5) is 32.7. The number of H-pyrrole nitrogens is 1. The first-order chi connectivity index (χ1) is 19.2. The number of benzene rings is 2. The van der Waals surface area contributed by atoms with Crippen molar-refractivity contribution in [2.75, 3.05) is 12.4 Å². The van der Waals surface area contributed by atoms with Crippen molar-refractivity contribution in [3.8, 4) is 6.07 Å². The second-order valence-electron chi connectivity index (χ2n) is 11.4. The Morgan fingerprint density at radius 3 is 2.54 bits per heavy atom. The minimum atomic E-state index is -1.66. The van der Waals surface area contributed by atoms with Crippen molar-refractivity contribution in [2.24, 2.45) is 5.41 Å². The van der Waals surface area contributed by atoms with Crippen molar-refractivity contribution in [3.05, 3.63) is 81.1 Å². The summed E-state index contributed by atoms with van der Waals surface area (Å²) in [6.07, 6.45) is 1.21. The molecule has 2 heterocycles.